The molecule has 0 radical (unpaired) electrons. The van der Waals surface area contributed by atoms with Gasteiger partial charge in [-0.2, -0.15) is 0 Å². The Kier molecular flexibility index (Phi) is 6.94. The molecule has 0 aliphatic carbocycles. The molecule has 0 fully saturated rings. The first-order chi connectivity index (χ1) is 8.46. The van der Waals surface area contributed by atoms with E-state index in [1.807, 2.05) is 36.4 Å². The SMILES string of the molecule is Clc1c(Cl)c(Cl)c(Cl)c(Cl)c1Cl.c1ccccc1. The normalized spacial score (nSPS) is 9.67. The monoisotopic (exact) mass is 360 g/mol. The summed E-state index contributed by atoms with van der Waals surface area (Å²) in [5.41, 5.74) is 0. The summed E-state index contributed by atoms with van der Waals surface area (Å²) in [5.74, 6) is 0. The number of halogens is 6. The average molecular weight is 363 g/mol. The van der Waals surface area contributed by atoms with Crippen molar-refractivity contribution in [3.63, 3.8) is 0 Å². The van der Waals surface area contributed by atoms with E-state index in [9.17, 15) is 0 Å². The second-order valence-corrected chi connectivity index (χ2v) is 5.31. The van der Waals surface area contributed by atoms with Crippen LogP contribution in [-0.4, -0.2) is 0 Å². The van der Waals surface area contributed by atoms with Crippen LogP contribution >= 0.6 is 69.6 Å². The Morgan fingerprint density at radius 2 is 0.444 bits per heavy atom. The molecule has 2 aromatic rings. The van der Waals surface area contributed by atoms with Crippen LogP contribution in [0.3, 0.4) is 0 Å². The second-order valence-electron chi connectivity index (χ2n) is 3.04. The topological polar surface area (TPSA) is 0 Å². The Morgan fingerprint density at radius 3 is 0.556 bits per heavy atom. The van der Waals surface area contributed by atoms with Crippen molar-refractivity contribution in [2.75, 3.05) is 0 Å². The number of hydrogen-bond donors (Lipinski definition) is 0. The Bertz CT molecular complexity index is 392. The zero-order valence-corrected chi connectivity index (χ0v) is 13.3. The van der Waals surface area contributed by atoms with Gasteiger partial charge in [-0.3, -0.25) is 0 Å². The molecule has 0 aliphatic rings. The maximum Gasteiger partial charge on any atom is 0.0810 e. The summed E-state index contributed by atoms with van der Waals surface area (Å²) >= 11 is 34.0. The summed E-state index contributed by atoms with van der Waals surface area (Å²) in [5, 5.41) is 0.654. The smallest absolute Gasteiger partial charge is 0.0810 e. The molecule has 0 amide bonds. The molecular weight excluding hydrogens is 357 g/mol. The summed E-state index contributed by atoms with van der Waals surface area (Å²) in [6, 6.07) is 12.0. The van der Waals surface area contributed by atoms with Gasteiger partial charge in [-0.1, -0.05) is 106 Å². The predicted octanol–water partition coefficient (Wildman–Crippen LogP) is 7.29. The molecule has 6 heteroatoms. The fourth-order valence-corrected chi connectivity index (χ4v) is 2.39. The van der Waals surface area contributed by atoms with Crippen molar-refractivity contribution >= 4 is 69.6 Å². The lowest BCUT2D eigenvalue weighted by Crippen LogP contribution is -1.79. The van der Waals surface area contributed by atoms with Gasteiger partial charge in [0.2, 0.25) is 0 Å². The maximum absolute atomic E-state index is 5.67. The molecule has 2 rings (SSSR count). The van der Waals surface area contributed by atoms with Gasteiger partial charge in [-0.15, -0.1) is 0 Å². The number of rotatable bonds is 0. The van der Waals surface area contributed by atoms with Crippen LogP contribution in [0.5, 0.6) is 0 Å². The molecule has 2 aromatic carbocycles. The van der Waals surface area contributed by atoms with Crippen LogP contribution in [0.25, 0.3) is 0 Å². The quantitative estimate of drug-likeness (QED) is 0.341. The molecule has 0 aliphatic heterocycles. The standard InChI is InChI=1S/C6Cl6.C6H6/c7-1-2(8)4(10)6(12)5(11)3(1)9;1-2-4-6-5-3-1/h;1-6H. The van der Waals surface area contributed by atoms with Gasteiger partial charge >= 0.3 is 0 Å². The maximum atomic E-state index is 5.67. The number of benzene rings is 2. The van der Waals surface area contributed by atoms with Crippen LogP contribution in [0.4, 0.5) is 0 Å². The summed E-state index contributed by atoms with van der Waals surface area (Å²) < 4.78 is 0. The highest BCUT2D eigenvalue weighted by molar-refractivity contribution is 6.59. The van der Waals surface area contributed by atoms with Gasteiger partial charge in [-0.05, 0) is 0 Å². The van der Waals surface area contributed by atoms with Gasteiger partial charge < -0.3 is 0 Å². The molecule has 18 heavy (non-hydrogen) atoms. The minimum atomic E-state index is 0.109. The Morgan fingerprint density at radius 1 is 0.333 bits per heavy atom. The van der Waals surface area contributed by atoms with Crippen molar-refractivity contribution in [1.29, 1.82) is 0 Å². The van der Waals surface area contributed by atoms with Gasteiger partial charge in [0.1, 0.15) is 0 Å². The summed E-state index contributed by atoms with van der Waals surface area (Å²) in [6.07, 6.45) is 0. The first kappa shape index (κ1) is 16.2. The van der Waals surface area contributed by atoms with Gasteiger partial charge in [0.25, 0.3) is 0 Å². The third-order valence-corrected chi connectivity index (χ3v) is 4.67. The minimum absolute atomic E-state index is 0.109. The van der Waals surface area contributed by atoms with Gasteiger partial charge in [0.15, 0.2) is 0 Å². The van der Waals surface area contributed by atoms with Crippen LogP contribution in [0.1, 0.15) is 0 Å². The molecule has 0 aromatic heterocycles. The lowest BCUT2D eigenvalue weighted by molar-refractivity contribution is 1.69. The van der Waals surface area contributed by atoms with Crippen molar-refractivity contribution in [2.24, 2.45) is 0 Å². The molecule has 0 atom stereocenters. The molecule has 0 bridgehead atoms. The lowest BCUT2D eigenvalue weighted by Gasteiger charge is -2.06. The largest absolute Gasteiger partial charge is 0.0810 e. The molecule has 0 saturated carbocycles. The lowest BCUT2D eigenvalue weighted by atomic mass is 10.3. The highest BCUT2D eigenvalue weighted by atomic mass is 35.5. The third-order valence-electron chi connectivity index (χ3n) is 1.82. The van der Waals surface area contributed by atoms with E-state index in [1.54, 1.807) is 0 Å². The van der Waals surface area contributed by atoms with E-state index in [-0.39, 0.29) is 30.1 Å². The molecule has 0 saturated heterocycles. The fourth-order valence-electron chi connectivity index (χ4n) is 0.963. The van der Waals surface area contributed by atoms with E-state index in [2.05, 4.69) is 0 Å². The van der Waals surface area contributed by atoms with Crippen molar-refractivity contribution in [1.82, 2.24) is 0 Å². The molecule has 0 spiro atoms. The first-order valence-corrected chi connectivity index (χ1v) is 6.90. The van der Waals surface area contributed by atoms with Gasteiger partial charge in [0.05, 0.1) is 30.1 Å². The van der Waals surface area contributed by atoms with E-state index in [0.717, 1.165) is 0 Å². The zero-order chi connectivity index (χ0) is 13.7. The summed E-state index contributed by atoms with van der Waals surface area (Å²) in [4.78, 5) is 0. The second kappa shape index (κ2) is 7.69. The van der Waals surface area contributed by atoms with Crippen LogP contribution in [0.2, 0.25) is 30.1 Å². The average Bonchev–Trinajstić information content (AvgIpc) is 2.43. The van der Waals surface area contributed by atoms with E-state index < -0.39 is 0 Å². The summed E-state index contributed by atoms with van der Waals surface area (Å²) in [6.45, 7) is 0. The Hall–Kier alpha value is 0.180. The van der Waals surface area contributed by atoms with Crippen LogP contribution in [0, 0.1) is 0 Å². The van der Waals surface area contributed by atoms with Crippen LogP contribution in [-0.2, 0) is 0 Å². The van der Waals surface area contributed by atoms with Crippen molar-refractivity contribution in [2.45, 2.75) is 0 Å². The Labute approximate surface area is 135 Å². The molecular formula is C12H6Cl6. The highest BCUT2D eigenvalue weighted by Crippen LogP contribution is 2.45. The van der Waals surface area contributed by atoms with Gasteiger partial charge in [0, 0.05) is 0 Å². The van der Waals surface area contributed by atoms with E-state index in [0.29, 0.717) is 0 Å². The number of hydrogen-bond acceptors (Lipinski definition) is 0. The molecule has 0 nitrogen and oxygen atoms in total. The van der Waals surface area contributed by atoms with Crippen LogP contribution < -0.4 is 0 Å². The molecule has 0 unspecified atom stereocenters. The van der Waals surface area contributed by atoms with E-state index in [4.69, 9.17) is 69.6 Å². The fraction of sp³-hybridized carbons (Fsp3) is 0. The summed E-state index contributed by atoms with van der Waals surface area (Å²) in [7, 11) is 0. The molecule has 96 valence electrons. The predicted molar refractivity (Wildman–Crippen MR) is 82.9 cm³/mol. The first-order valence-electron chi connectivity index (χ1n) is 4.63. The van der Waals surface area contributed by atoms with Crippen molar-refractivity contribution in [3.8, 4) is 0 Å². The van der Waals surface area contributed by atoms with E-state index in [1.165, 1.54) is 0 Å². The van der Waals surface area contributed by atoms with E-state index >= 15 is 0 Å². The molecule has 0 heterocycles. The Balaban J connectivity index is 0.000000225. The van der Waals surface area contributed by atoms with Gasteiger partial charge in [-0.25, -0.2) is 0 Å². The third kappa shape index (κ3) is 4.09. The van der Waals surface area contributed by atoms with Crippen molar-refractivity contribution < 1.29 is 0 Å². The molecule has 0 N–H and O–H groups in total. The highest BCUT2D eigenvalue weighted by Gasteiger charge is 2.17. The minimum Gasteiger partial charge on any atom is -0.0810 e. The van der Waals surface area contributed by atoms with Crippen molar-refractivity contribution in [3.05, 3.63) is 66.5 Å². The van der Waals surface area contributed by atoms with Crippen LogP contribution in [0.15, 0.2) is 36.4 Å². The zero-order valence-electron chi connectivity index (χ0n) is 8.73.